The van der Waals surface area contributed by atoms with E-state index in [-0.39, 0.29) is 10.7 Å². The Morgan fingerprint density at radius 2 is 2.17 bits per heavy atom. The summed E-state index contributed by atoms with van der Waals surface area (Å²) in [5.74, 6) is 0.186. The van der Waals surface area contributed by atoms with Crippen LogP contribution in [0.4, 0.5) is 0 Å². The fourth-order valence-electron chi connectivity index (χ4n) is 2.09. The molecule has 1 amide bonds. The molecular weight excluding hydrogens is 337 g/mol. The molecule has 1 atom stereocenters. The lowest BCUT2D eigenvalue weighted by atomic mass is 10.1. The molecule has 18 heavy (non-hydrogen) atoms. The maximum Gasteiger partial charge on any atom is 0.236 e. The van der Waals surface area contributed by atoms with Gasteiger partial charge in [0.1, 0.15) is 0 Å². The summed E-state index contributed by atoms with van der Waals surface area (Å²) in [5.41, 5.74) is 1.03. The van der Waals surface area contributed by atoms with Gasteiger partial charge >= 0.3 is 0 Å². The molecule has 0 bridgehead atoms. The van der Waals surface area contributed by atoms with Gasteiger partial charge in [0.05, 0.1) is 4.83 Å². The van der Waals surface area contributed by atoms with Gasteiger partial charge in [-0.1, -0.05) is 45.2 Å². The summed E-state index contributed by atoms with van der Waals surface area (Å²) in [6.45, 7) is 1.55. The van der Waals surface area contributed by atoms with E-state index in [1.165, 1.54) is 0 Å². The number of nitrogens with zero attached hydrogens (tertiary/aromatic N) is 1. The standard InChI is InChI=1S/C13H14BrCl2NO/c14-11-2-1-6-17(13(11)18)7-5-9-3-4-10(15)8-12(9)16/h3-4,8,11H,1-2,5-7H2. The minimum Gasteiger partial charge on any atom is -0.341 e. The van der Waals surface area contributed by atoms with Crippen LogP contribution in [0.25, 0.3) is 0 Å². The van der Waals surface area contributed by atoms with Crippen molar-refractivity contribution in [2.45, 2.75) is 24.1 Å². The Bertz CT molecular complexity index is 453. The Morgan fingerprint density at radius 1 is 1.39 bits per heavy atom. The van der Waals surface area contributed by atoms with Gasteiger partial charge in [0, 0.05) is 23.1 Å². The van der Waals surface area contributed by atoms with Gasteiger partial charge in [0.2, 0.25) is 5.91 Å². The van der Waals surface area contributed by atoms with Gasteiger partial charge in [0.15, 0.2) is 0 Å². The van der Waals surface area contributed by atoms with Gasteiger partial charge in [0.25, 0.3) is 0 Å². The summed E-state index contributed by atoms with van der Waals surface area (Å²) in [6.07, 6.45) is 2.74. The zero-order chi connectivity index (χ0) is 13.1. The summed E-state index contributed by atoms with van der Waals surface area (Å²) < 4.78 is 0. The fraction of sp³-hybridized carbons (Fsp3) is 0.462. The van der Waals surface area contributed by atoms with Crippen molar-refractivity contribution in [2.24, 2.45) is 0 Å². The molecule has 2 nitrogen and oxygen atoms in total. The molecule has 0 aromatic heterocycles. The van der Waals surface area contributed by atoms with E-state index >= 15 is 0 Å². The van der Waals surface area contributed by atoms with Crippen molar-refractivity contribution in [2.75, 3.05) is 13.1 Å². The number of piperidine rings is 1. The van der Waals surface area contributed by atoms with Crippen molar-refractivity contribution in [1.29, 1.82) is 0 Å². The molecular formula is C13H14BrCl2NO. The second-order valence-electron chi connectivity index (χ2n) is 4.42. The van der Waals surface area contributed by atoms with Crippen molar-refractivity contribution >= 4 is 45.0 Å². The predicted molar refractivity (Wildman–Crippen MR) is 78.7 cm³/mol. The third-order valence-corrected chi connectivity index (χ3v) is 4.57. The van der Waals surface area contributed by atoms with E-state index in [0.29, 0.717) is 16.6 Å². The molecule has 0 aliphatic carbocycles. The molecule has 1 fully saturated rings. The van der Waals surface area contributed by atoms with Gasteiger partial charge in [-0.15, -0.1) is 0 Å². The second kappa shape index (κ2) is 6.27. The van der Waals surface area contributed by atoms with E-state index in [0.717, 1.165) is 31.4 Å². The normalized spacial score (nSPS) is 20.3. The lowest BCUT2D eigenvalue weighted by Crippen LogP contribution is -2.42. The first kappa shape index (κ1) is 14.2. The summed E-state index contributed by atoms with van der Waals surface area (Å²) in [4.78, 5) is 13.8. The minimum atomic E-state index is -0.0214. The van der Waals surface area contributed by atoms with E-state index in [1.54, 1.807) is 6.07 Å². The molecule has 1 heterocycles. The summed E-state index contributed by atoms with van der Waals surface area (Å²) >= 11 is 15.4. The number of likely N-dealkylation sites (tertiary alicyclic amines) is 1. The molecule has 1 aromatic rings. The minimum absolute atomic E-state index is 0.0214. The van der Waals surface area contributed by atoms with Gasteiger partial charge in [-0.2, -0.15) is 0 Å². The number of alkyl halides is 1. The molecule has 0 N–H and O–H groups in total. The van der Waals surface area contributed by atoms with Crippen molar-refractivity contribution in [3.63, 3.8) is 0 Å². The topological polar surface area (TPSA) is 20.3 Å². The fourth-order valence-corrected chi connectivity index (χ4v) is 3.21. The third kappa shape index (κ3) is 3.40. The van der Waals surface area contributed by atoms with Crippen LogP contribution >= 0.6 is 39.1 Å². The highest BCUT2D eigenvalue weighted by Gasteiger charge is 2.25. The lowest BCUT2D eigenvalue weighted by molar-refractivity contribution is -0.132. The predicted octanol–water partition coefficient (Wildman–Crippen LogP) is 3.92. The summed E-state index contributed by atoms with van der Waals surface area (Å²) in [7, 11) is 0. The quantitative estimate of drug-likeness (QED) is 0.756. The molecule has 1 saturated heterocycles. The Hall–Kier alpha value is -0.250. The molecule has 0 spiro atoms. The van der Waals surface area contributed by atoms with E-state index in [4.69, 9.17) is 23.2 Å². The first-order valence-corrected chi connectivity index (χ1v) is 7.62. The number of carbonyl (C=O) groups excluding carboxylic acids is 1. The van der Waals surface area contributed by atoms with Gasteiger partial charge < -0.3 is 4.90 Å². The van der Waals surface area contributed by atoms with Crippen LogP contribution in [-0.4, -0.2) is 28.7 Å². The number of hydrogen-bond acceptors (Lipinski definition) is 1. The highest BCUT2D eigenvalue weighted by atomic mass is 79.9. The van der Waals surface area contributed by atoms with Crippen molar-refractivity contribution < 1.29 is 4.79 Å². The van der Waals surface area contributed by atoms with E-state index < -0.39 is 0 Å². The maximum absolute atomic E-state index is 11.9. The number of carbonyl (C=O) groups is 1. The smallest absolute Gasteiger partial charge is 0.236 e. The average molecular weight is 351 g/mol. The number of benzene rings is 1. The molecule has 0 saturated carbocycles. The number of rotatable bonds is 3. The molecule has 5 heteroatoms. The van der Waals surface area contributed by atoms with Crippen LogP contribution in [0.2, 0.25) is 10.0 Å². The van der Waals surface area contributed by atoms with Crippen LogP contribution in [0.5, 0.6) is 0 Å². The number of hydrogen-bond donors (Lipinski definition) is 0. The second-order valence-corrected chi connectivity index (χ2v) is 6.37. The Morgan fingerprint density at radius 3 is 2.89 bits per heavy atom. The summed E-state index contributed by atoms with van der Waals surface area (Å²) in [5, 5.41) is 1.31. The Kier molecular flexibility index (Phi) is 4.93. The monoisotopic (exact) mass is 349 g/mol. The van der Waals surface area contributed by atoms with Crippen molar-refractivity contribution in [3.8, 4) is 0 Å². The average Bonchev–Trinajstić information content (AvgIpc) is 2.33. The van der Waals surface area contributed by atoms with Crippen molar-refractivity contribution in [1.82, 2.24) is 4.90 Å². The number of halogens is 3. The first-order valence-electron chi connectivity index (χ1n) is 5.94. The molecule has 1 aliphatic rings. The zero-order valence-corrected chi connectivity index (χ0v) is 12.9. The maximum atomic E-state index is 11.9. The largest absolute Gasteiger partial charge is 0.341 e. The SMILES string of the molecule is O=C1C(Br)CCCN1CCc1ccc(Cl)cc1Cl. The molecule has 98 valence electrons. The molecule has 0 radical (unpaired) electrons. The highest BCUT2D eigenvalue weighted by Crippen LogP contribution is 2.23. The molecule has 2 rings (SSSR count). The molecule has 1 aliphatic heterocycles. The number of amides is 1. The van der Waals surface area contributed by atoms with Gasteiger partial charge in [-0.25, -0.2) is 0 Å². The summed E-state index contributed by atoms with van der Waals surface area (Å²) in [6, 6.07) is 5.49. The van der Waals surface area contributed by atoms with Crippen LogP contribution in [0, 0.1) is 0 Å². The van der Waals surface area contributed by atoms with Crippen LogP contribution in [0.15, 0.2) is 18.2 Å². The molecule has 1 unspecified atom stereocenters. The Labute approximate surface area is 125 Å². The van der Waals surface area contributed by atoms with Gasteiger partial charge in [-0.3, -0.25) is 4.79 Å². The van der Waals surface area contributed by atoms with Gasteiger partial charge in [-0.05, 0) is 37.0 Å². The van der Waals surface area contributed by atoms with Crippen LogP contribution in [-0.2, 0) is 11.2 Å². The zero-order valence-electron chi connectivity index (χ0n) is 9.83. The Balaban J connectivity index is 1.96. The first-order chi connectivity index (χ1) is 8.58. The molecule has 1 aromatic carbocycles. The van der Waals surface area contributed by atoms with E-state index in [9.17, 15) is 4.79 Å². The van der Waals surface area contributed by atoms with Crippen LogP contribution in [0.3, 0.4) is 0 Å². The van der Waals surface area contributed by atoms with Crippen LogP contribution in [0.1, 0.15) is 18.4 Å². The lowest BCUT2D eigenvalue weighted by Gasteiger charge is -2.29. The van der Waals surface area contributed by atoms with Crippen LogP contribution < -0.4 is 0 Å². The van der Waals surface area contributed by atoms with E-state index in [1.807, 2.05) is 17.0 Å². The third-order valence-electron chi connectivity index (χ3n) is 3.13. The highest BCUT2D eigenvalue weighted by molar-refractivity contribution is 9.10. The van der Waals surface area contributed by atoms with E-state index in [2.05, 4.69) is 15.9 Å². The van der Waals surface area contributed by atoms with Crippen molar-refractivity contribution in [3.05, 3.63) is 33.8 Å².